The van der Waals surface area contributed by atoms with E-state index >= 15 is 0 Å². The Bertz CT molecular complexity index is 306. The fourth-order valence-electron chi connectivity index (χ4n) is 1.17. The predicted molar refractivity (Wildman–Crippen MR) is 54.0 cm³/mol. The van der Waals surface area contributed by atoms with Crippen molar-refractivity contribution in [1.82, 2.24) is 0 Å². The molecule has 0 bridgehead atoms. The number of alkyl halides is 2. The van der Waals surface area contributed by atoms with Crippen LogP contribution in [0.1, 0.15) is 25.5 Å². The summed E-state index contributed by atoms with van der Waals surface area (Å²) in [6.45, 7) is 3.16. The highest BCUT2D eigenvalue weighted by Crippen LogP contribution is 2.16. The standard InChI is InChI=1S/C11H13F2N/c1-8(14-9(2)11(12)13)10-6-4-3-5-7-10/h3-8,11H,1-2H3/t8-/m0/s1. The number of halogens is 2. The molecule has 0 aliphatic heterocycles. The summed E-state index contributed by atoms with van der Waals surface area (Å²) in [6, 6.07) is 9.20. The van der Waals surface area contributed by atoms with E-state index in [0.717, 1.165) is 5.56 Å². The number of aliphatic imine (C=N–C) groups is 1. The molecule has 0 saturated carbocycles. The Labute approximate surface area is 82.5 Å². The van der Waals surface area contributed by atoms with Gasteiger partial charge in [-0.25, -0.2) is 8.78 Å². The van der Waals surface area contributed by atoms with E-state index in [1.807, 2.05) is 30.3 Å². The van der Waals surface area contributed by atoms with Gasteiger partial charge in [-0.15, -0.1) is 0 Å². The van der Waals surface area contributed by atoms with Crippen LogP contribution in [-0.4, -0.2) is 12.1 Å². The Kier molecular flexibility index (Phi) is 3.74. The lowest BCUT2D eigenvalue weighted by Crippen LogP contribution is -2.06. The van der Waals surface area contributed by atoms with Gasteiger partial charge in [-0.05, 0) is 19.4 Å². The van der Waals surface area contributed by atoms with Crippen molar-refractivity contribution in [3.05, 3.63) is 35.9 Å². The molecule has 0 heterocycles. The second kappa shape index (κ2) is 4.84. The molecule has 3 heteroatoms. The topological polar surface area (TPSA) is 12.4 Å². The van der Waals surface area contributed by atoms with Crippen LogP contribution in [0.2, 0.25) is 0 Å². The van der Waals surface area contributed by atoms with Crippen LogP contribution in [0.15, 0.2) is 35.3 Å². The average molecular weight is 197 g/mol. The van der Waals surface area contributed by atoms with Crippen molar-refractivity contribution in [2.75, 3.05) is 0 Å². The second-order valence-corrected chi connectivity index (χ2v) is 3.16. The Morgan fingerprint density at radius 3 is 2.29 bits per heavy atom. The Balaban J connectivity index is 2.77. The molecule has 76 valence electrons. The maximum atomic E-state index is 12.2. The molecule has 1 atom stereocenters. The summed E-state index contributed by atoms with van der Waals surface area (Å²) in [6.07, 6.45) is -2.46. The third-order valence-corrected chi connectivity index (χ3v) is 2.00. The van der Waals surface area contributed by atoms with Gasteiger partial charge >= 0.3 is 0 Å². The van der Waals surface area contributed by atoms with Crippen molar-refractivity contribution in [2.24, 2.45) is 4.99 Å². The fraction of sp³-hybridized carbons (Fsp3) is 0.364. The first-order chi connectivity index (χ1) is 6.61. The minimum Gasteiger partial charge on any atom is -0.281 e. The van der Waals surface area contributed by atoms with Crippen LogP contribution in [0.25, 0.3) is 0 Å². The molecule has 0 fully saturated rings. The molecule has 0 aliphatic rings. The van der Waals surface area contributed by atoms with Crippen LogP contribution in [0.3, 0.4) is 0 Å². The van der Waals surface area contributed by atoms with Gasteiger partial charge < -0.3 is 0 Å². The summed E-state index contributed by atoms with van der Waals surface area (Å²) in [5.41, 5.74) is 0.842. The summed E-state index contributed by atoms with van der Waals surface area (Å²) in [7, 11) is 0. The number of hydrogen-bond donors (Lipinski definition) is 0. The van der Waals surface area contributed by atoms with Gasteiger partial charge in [0.15, 0.2) is 0 Å². The summed E-state index contributed by atoms with van der Waals surface area (Å²) in [4.78, 5) is 3.91. The molecule has 1 aromatic carbocycles. The molecule has 1 nitrogen and oxygen atoms in total. The smallest absolute Gasteiger partial charge is 0.275 e. The quantitative estimate of drug-likeness (QED) is 0.658. The Morgan fingerprint density at radius 1 is 1.21 bits per heavy atom. The molecule has 0 saturated heterocycles. The van der Waals surface area contributed by atoms with Crippen molar-refractivity contribution >= 4 is 5.71 Å². The number of hydrogen-bond acceptors (Lipinski definition) is 1. The molecule has 1 rings (SSSR count). The first-order valence-electron chi connectivity index (χ1n) is 4.48. The van der Waals surface area contributed by atoms with Gasteiger partial charge in [-0.2, -0.15) is 0 Å². The summed E-state index contributed by atoms with van der Waals surface area (Å²) < 4.78 is 24.3. The highest BCUT2D eigenvalue weighted by atomic mass is 19.3. The zero-order valence-electron chi connectivity index (χ0n) is 8.24. The zero-order chi connectivity index (χ0) is 10.6. The second-order valence-electron chi connectivity index (χ2n) is 3.16. The highest BCUT2D eigenvalue weighted by molar-refractivity contribution is 5.85. The lowest BCUT2D eigenvalue weighted by molar-refractivity contribution is 0.224. The van der Waals surface area contributed by atoms with Crippen molar-refractivity contribution in [3.8, 4) is 0 Å². The molecular weight excluding hydrogens is 184 g/mol. The van der Waals surface area contributed by atoms with E-state index in [2.05, 4.69) is 4.99 Å². The number of rotatable bonds is 3. The third kappa shape index (κ3) is 2.91. The normalized spacial score (nSPS) is 14.5. The molecule has 0 amide bonds. The monoisotopic (exact) mass is 197 g/mol. The van der Waals surface area contributed by atoms with Gasteiger partial charge in [0.1, 0.15) is 0 Å². The van der Waals surface area contributed by atoms with E-state index in [1.165, 1.54) is 6.92 Å². The minimum absolute atomic E-state index is 0.110. The van der Waals surface area contributed by atoms with E-state index in [-0.39, 0.29) is 11.8 Å². The zero-order valence-corrected chi connectivity index (χ0v) is 8.24. The van der Waals surface area contributed by atoms with Gasteiger partial charge in [0.05, 0.1) is 11.8 Å². The van der Waals surface area contributed by atoms with Crippen LogP contribution < -0.4 is 0 Å². The van der Waals surface area contributed by atoms with E-state index < -0.39 is 6.43 Å². The maximum absolute atomic E-state index is 12.2. The summed E-state index contributed by atoms with van der Waals surface area (Å²) >= 11 is 0. The third-order valence-electron chi connectivity index (χ3n) is 2.00. The first kappa shape index (κ1) is 10.8. The number of benzene rings is 1. The van der Waals surface area contributed by atoms with Crippen molar-refractivity contribution in [2.45, 2.75) is 26.3 Å². The van der Waals surface area contributed by atoms with E-state index in [1.54, 1.807) is 6.92 Å². The maximum Gasteiger partial charge on any atom is 0.275 e. The minimum atomic E-state index is -2.46. The first-order valence-corrected chi connectivity index (χ1v) is 4.48. The van der Waals surface area contributed by atoms with Gasteiger partial charge in [0.25, 0.3) is 6.43 Å². The van der Waals surface area contributed by atoms with E-state index in [0.29, 0.717) is 0 Å². The van der Waals surface area contributed by atoms with Gasteiger partial charge in [0, 0.05) is 0 Å². The molecule has 0 unspecified atom stereocenters. The fourth-order valence-corrected chi connectivity index (χ4v) is 1.17. The molecule has 0 aliphatic carbocycles. The van der Waals surface area contributed by atoms with Gasteiger partial charge in [0.2, 0.25) is 0 Å². The average Bonchev–Trinajstić information content (AvgIpc) is 2.19. The van der Waals surface area contributed by atoms with Gasteiger partial charge in [-0.3, -0.25) is 4.99 Å². The predicted octanol–water partition coefficient (Wildman–Crippen LogP) is 3.47. The molecular formula is C11H13F2N. The van der Waals surface area contributed by atoms with Crippen LogP contribution in [0.4, 0.5) is 8.78 Å². The SMILES string of the molecule is CC(=N[C@@H](C)c1ccccc1)C(F)F. The Hall–Kier alpha value is -1.25. The lowest BCUT2D eigenvalue weighted by Gasteiger charge is -2.08. The largest absolute Gasteiger partial charge is 0.281 e. The Morgan fingerprint density at radius 2 is 1.79 bits per heavy atom. The van der Waals surface area contributed by atoms with Crippen molar-refractivity contribution < 1.29 is 8.78 Å². The van der Waals surface area contributed by atoms with Crippen LogP contribution in [0, 0.1) is 0 Å². The van der Waals surface area contributed by atoms with Gasteiger partial charge in [-0.1, -0.05) is 30.3 Å². The van der Waals surface area contributed by atoms with Crippen molar-refractivity contribution in [1.29, 1.82) is 0 Å². The molecule has 0 radical (unpaired) electrons. The summed E-state index contributed by atoms with van der Waals surface area (Å²) in [5, 5.41) is 0. The molecule has 0 aromatic heterocycles. The molecule has 0 spiro atoms. The van der Waals surface area contributed by atoms with Crippen molar-refractivity contribution in [3.63, 3.8) is 0 Å². The number of nitrogens with zero attached hydrogens (tertiary/aromatic N) is 1. The molecule has 0 N–H and O–H groups in total. The van der Waals surface area contributed by atoms with E-state index in [4.69, 9.17) is 0 Å². The van der Waals surface area contributed by atoms with E-state index in [9.17, 15) is 8.78 Å². The highest BCUT2D eigenvalue weighted by Gasteiger charge is 2.09. The lowest BCUT2D eigenvalue weighted by atomic mass is 10.1. The summed E-state index contributed by atoms with van der Waals surface area (Å²) in [5.74, 6) is 0. The van der Waals surface area contributed by atoms with Crippen LogP contribution in [0.5, 0.6) is 0 Å². The molecule has 14 heavy (non-hydrogen) atoms. The van der Waals surface area contributed by atoms with Crippen LogP contribution in [-0.2, 0) is 0 Å². The van der Waals surface area contributed by atoms with Crippen LogP contribution >= 0.6 is 0 Å². The molecule has 1 aromatic rings.